The van der Waals surface area contributed by atoms with E-state index in [0.717, 1.165) is 28.1 Å². The number of nitrogens with one attached hydrogen (secondary N) is 1. The fourth-order valence-corrected chi connectivity index (χ4v) is 3.30. The van der Waals surface area contributed by atoms with Crippen LogP contribution in [0.5, 0.6) is 0 Å². The molecule has 4 heteroatoms. The molecule has 3 unspecified atom stereocenters. The zero-order chi connectivity index (χ0) is 12.4. The number of hydrogen-bond donors (Lipinski definition) is 1. The summed E-state index contributed by atoms with van der Waals surface area (Å²) in [6, 6.07) is 2.51. The van der Waals surface area contributed by atoms with Crippen LogP contribution in [0.15, 0.2) is 10.7 Å². The van der Waals surface area contributed by atoms with E-state index >= 15 is 0 Å². The number of aryl methyl sites for hydroxylation is 1. The molecule has 0 amide bonds. The second-order valence-electron chi connectivity index (χ2n) is 4.98. The zero-order valence-electron chi connectivity index (χ0n) is 10.7. The van der Waals surface area contributed by atoms with Gasteiger partial charge >= 0.3 is 0 Å². The molecule has 0 radical (unpaired) electrons. The fraction of sp³-hybridized carbons (Fsp3) is 0.692. The van der Waals surface area contributed by atoms with Gasteiger partial charge in [-0.15, -0.1) is 0 Å². The quantitative estimate of drug-likeness (QED) is 0.863. The summed E-state index contributed by atoms with van der Waals surface area (Å²) in [6.45, 7) is 6.56. The Balaban J connectivity index is 2.06. The molecule has 3 nitrogen and oxygen atoms in total. The third kappa shape index (κ3) is 2.97. The van der Waals surface area contributed by atoms with Crippen molar-refractivity contribution >= 4 is 21.7 Å². The first-order valence-electron chi connectivity index (χ1n) is 6.38. The first-order valence-corrected chi connectivity index (χ1v) is 7.17. The van der Waals surface area contributed by atoms with Gasteiger partial charge < -0.3 is 5.32 Å². The van der Waals surface area contributed by atoms with E-state index < -0.39 is 0 Å². The van der Waals surface area contributed by atoms with Gasteiger partial charge in [0, 0.05) is 12.1 Å². The minimum absolute atomic E-state index is 0.557. The summed E-state index contributed by atoms with van der Waals surface area (Å²) in [5.74, 6) is 3.34. The lowest BCUT2D eigenvalue weighted by atomic mass is 9.93. The number of aromatic nitrogens is 2. The Bertz CT molecular complexity index is 374. The lowest BCUT2D eigenvalue weighted by molar-refractivity contribution is 0.391. The molecule has 0 aromatic carbocycles. The van der Waals surface area contributed by atoms with Gasteiger partial charge in [-0.05, 0) is 47.5 Å². The largest absolute Gasteiger partial charge is 0.367 e. The summed E-state index contributed by atoms with van der Waals surface area (Å²) >= 11 is 3.41. The van der Waals surface area contributed by atoms with Crippen molar-refractivity contribution in [3.8, 4) is 0 Å². The predicted octanol–water partition coefficient (Wildman–Crippen LogP) is 3.78. The molecular formula is C13H20BrN3. The summed E-state index contributed by atoms with van der Waals surface area (Å²) in [5, 5.41) is 3.56. The normalized spacial score (nSPS) is 28.4. The Morgan fingerprint density at radius 1 is 1.41 bits per heavy atom. The SMILES string of the molecule is CCC1CCC(Nc2cc(Br)nc(C)n2)C1C. The van der Waals surface area contributed by atoms with E-state index in [0.29, 0.717) is 6.04 Å². The van der Waals surface area contributed by atoms with Gasteiger partial charge in [0.1, 0.15) is 16.2 Å². The van der Waals surface area contributed by atoms with Crippen LogP contribution in [0.1, 0.15) is 38.9 Å². The van der Waals surface area contributed by atoms with E-state index in [-0.39, 0.29) is 0 Å². The summed E-state index contributed by atoms with van der Waals surface area (Å²) in [4.78, 5) is 8.66. The smallest absolute Gasteiger partial charge is 0.131 e. The predicted molar refractivity (Wildman–Crippen MR) is 74.1 cm³/mol. The summed E-state index contributed by atoms with van der Waals surface area (Å²) in [7, 11) is 0. The minimum Gasteiger partial charge on any atom is -0.367 e. The molecule has 1 aromatic heterocycles. The van der Waals surface area contributed by atoms with Gasteiger partial charge in [-0.25, -0.2) is 9.97 Å². The molecule has 1 heterocycles. The Labute approximate surface area is 112 Å². The maximum absolute atomic E-state index is 4.43. The van der Waals surface area contributed by atoms with E-state index in [9.17, 15) is 0 Å². The lowest BCUT2D eigenvalue weighted by Gasteiger charge is -2.21. The molecule has 1 saturated carbocycles. The van der Waals surface area contributed by atoms with E-state index in [1.54, 1.807) is 0 Å². The Hall–Kier alpha value is -0.640. The van der Waals surface area contributed by atoms with Crippen molar-refractivity contribution in [1.82, 2.24) is 9.97 Å². The topological polar surface area (TPSA) is 37.8 Å². The van der Waals surface area contributed by atoms with Gasteiger partial charge in [0.2, 0.25) is 0 Å². The highest BCUT2D eigenvalue weighted by Crippen LogP contribution is 2.35. The number of nitrogens with zero attached hydrogens (tertiary/aromatic N) is 2. The first-order chi connectivity index (χ1) is 8.10. The van der Waals surface area contributed by atoms with Gasteiger partial charge in [0.05, 0.1) is 0 Å². The van der Waals surface area contributed by atoms with Crippen molar-refractivity contribution in [3.05, 3.63) is 16.5 Å². The van der Waals surface area contributed by atoms with Crippen LogP contribution in [-0.4, -0.2) is 16.0 Å². The van der Waals surface area contributed by atoms with Crippen molar-refractivity contribution in [2.75, 3.05) is 5.32 Å². The Morgan fingerprint density at radius 3 is 2.76 bits per heavy atom. The average Bonchev–Trinajstić information content (AvgIpc) is 2.58. The number of halogens is 1. The molecule has 0 aliphatic heterocycles. The van der Waals surface area contributed by atoms with Crippen LogP contribution in [0, 0.1) is 18.8 Å². The number of hydrogen-bond acceptors (Lipinski definition) is 3. The molecule has 1 N–H and O–H groups in total. The molecule has 1 fully saturated rings. The van der Waals surface area contributed by atoms with Crippen LogP contribution >= 0.6 is 15.9 Å². The monoisotopic (exact) mass is 297 g/mol. The highest BCUT2D eigenvalue weighted by Gasteiger charge is 2.31. The molecule has 1 aliphatic carbocycles. The van der Waals surface area contributed by atoms with Gasteiger partial charge in [-0.2, -0.15) is 0 Å². The van der Waals surface area contributed by atoms with E-state index in [1.165, 1.54) is 19.3 Å². The van der Waals surface area contributed by atoms with Crippen molar-refractivity contribution in [1.29, 1.82) is 0 Å². The van der Waals surface area contributed by atoms with Crippen molar-refractivity contribution in [2.24, 2.45) is 11.8 Å². The van der Waals surface area contributed by atoms with Crippen LogP contribution in [0.2, 0.25) is 0 Å². The van der Waals surface area contributed by atoms with Crippen molar-refractivity contribution < 1.29 is 0 Å². The number of anilines is 1. The summed E-state index contributed by atoms with van der Waals surface area (Å²) in [5.41, 5.74) is 0. The molecule has 0 bridgehead atoms. The van der Waals surface area contributed by atoms with Crippen LogP contribution in [0.25, 0.3) is 0 Å². The molecule has 17 heavy (non-hydrogen) atoms. The maximum Gasteiger partial charge on any atom is 0.131 e. The summed E-state index contributed by atoms with van der Waals surface area (Å²) < 4.78 is 0.852. The Kier molecular flexibility index (Phi) is 4.02. The lowest BCUT2D eigenvalue weighted by Crippen LogP contribution is -2.25. The van der Waals surface area contributed by atoms with Gasteiger partial charge in [-0.3, -0.25) is 0 Å². The highest BCUT2D eigenvalue weighted by atomic mass is 79.9. The molecule has 0 saturated heterocycles. The van der Waals surface area contributed by atoms with Crippen LogP contribution < -0.4 is 5.32 Å². The van der Waals surface area contributed by atoms with Gasteiger partial charge in [0.25, 0.3) is 0 Å². The second kappa shape index (κ2) is 5.34. The molecule has 3 atom stereocenters. The fourth-order valence-electron chi connectivity index (χ4n) is 2.82. The first kappa shape index (κ1) is 12.8. The van der Waals surface area contributed by atoms with Gasteiger partial charge in [0.15, 0.2) is 0 Å². The molecule has 1 aliphatic rings. The van der Waals surface area contributed by atoms with E-state index in [4.69, 9.17) is 0 Å². The second-order valence-corrected chi connectivity index (χ2v) is 5.79. The average molecular weight is 298 g/mol. The number of rotatable bonds is 3. The molecule has 0 spiro atoms. The third-order valence-corrected chi connectivity index (χ3v) is 4.30. The molecular weight excluding hydrogens is 278 g/mol. The van der Waals surface area contributed by atoms with Crippen molar-refractivity contribution in [2.45, 2.75) is 46.1 Å². The van der Waals surface area contributed by atoms with Crippen LogP contribution in [-0.2, 0) is 0 Å². The van der Waals surface area contributed by atoms with Gasteiger partial charge in [-0.1, -0.05) is 20.3 Å². The zero-order valence-corrected chi connectivity index (χ0v) is 12.3. The molecule has 2 rings (SSSR count). The van der Waals surface area contributed by atoms with Crippen LogP contribution in [0.3, 0.4) is 0 Å². The molecule has 1 aromatic rings. The standard InChI is InChI=1S/C13H20BrN3/c1-4-10-5-6-11(8(10)2)17-13-7-12(14)15-9(3)16-13/h7-8,10-11H,4-6H2,1-3H3,(H,15,16,17). The summed E-state index contributed by atoms with van der Waals surface area (Å²) in [6.07, 6.45) is 3.87. The molecule has 94 valence electrons. The Morgan fingerprint density at radius 2 is 2.18 bits per heavy atom. The highest BCUT2D eigenvalue weighted by molar-refractivity contribution is 9.10. The minimum atomic E-state index is 0.557. The van der Waals surface area contributed by atoms with Crippen molar-refractivity contribution in [3.63, 3.8) is 0 Å². The maximum atomic E-state index is 4.43. The van der Waals surface area contributed by atoms with E-state index in [2.05, 4.69) is 45.1 Å². The third-order valence-electron chi connectivity index (χ3n) is 3.89. The van der Waals surface area contributed by atoms with Crippen LogP contribution in [0.4, 0.5) is 5.82 Å². The van der Waals surface area contributed by atoms with E-state index in [1.807, 2.05) is 13.0 Å².